The molecule has 0 saturated heterocycles. The summed E-state index contributed by atoms with van der Waals surface area (Å²) in [6, 6.07) is 0.283. The second kappa shape index (κ2) is 6.56. The summed E-state index contributed by atoms with van der Waals surface area (Å²) in [5, 5.41) is 0. The van der Waals surface area contributed by atoms with Crippen molar-refractivity contribution in [3.05, 3.63) is 34.2 Å². The summed E-state index contributed by atoms with van der Waals surface area (Å²) in [4.78, 5) is 23.2. The van der Waals surface area contributed by atoms with Crippen molar-refractivity contribution in [1.82, 2.24) is 4.57 Å². The van der Waals surface area contributed by atoms with E-state index in [2.05, 4.69) is 4.74 Å². The maximum absolute atomic E-state index is 12.6. The standard InChI is InChI=1S/C12H14F3NO4/c1-8(11(18)20-6-5-19-2)16-7-9(12(13,14)15)3-4-10(16)17/h3-4,7-8H,5-6H2,1-2H3. The van der Waals surface area contributed by atoms with E-state index in [-0.39, 0.29) is 13.2 Å². The fraction of sp³-hybridized carbons (Fsp3) is 0.500. The molecule has 0 amide bonds. The van der Waals surface area contributed by atoms with Crippen LogP contribution in [0.3, 0.4) is 0 Å². The first-order valence-corrected chi connectivity index (χ1v) is 5.72. The lowest BCUT2D eigenvalue weighted by molar-refractivity contribution is -0.149. The first-order chi connectivity index (χ1) is 9.27. The lowest BCUT2D eigenvalue weighted by Gasteiger charge is -2.16. The van der Waals surface area contributed by atoms with Gasteiger partial charge < -0.3 is 14.0 Å². The maximum atomic E-state index is 12.6. The van der Waals surface area contributed by atoms with Crippen LogP contribution in [0, 0.1) is 0 Å². The molecule has 1 aromatic rings. The zero-order valence-electron chi connectivity index (χ0n) is 10.9. The summed E-state index contributed by atoms with van der Waals surface area (Å²) in [5.41, 5.74) is -1.72. The average molecular weight is 293 g/mol. The number of pyridine rings is 1. The molecule has 0 saturated carbocycles. The summed E-state index contributed by atoms with van der Waals surface area (Å²) in [5.74, 6) is -0.802. The van der Waals surface area contributed by atoms with Gasteiger partial charge in [-0.3, -0.25) is 4.79 Å². The minimum Gasteiger partial charge on any atom is -0.462 e. The van der Waals surface area contributed by atoms with E-state index >= 15 is 0 Å². The molecular weight excluding hydrogens is 279 g/mol. The van der Waals surface area contributed by atoms with E-state index in [1.54, 1.807) is 0 Å². The summed E-state index contributed by atoms with van der Waals surface area (Å²) < 4.78 is 47.8. The third-order valence-electron chi connectivity index (χ3n) is 2.56. The number of halogens is 3. The normalized spacial score (nSPS) is 13.1. The number of esters is 1. The predicted octanol–water partition coefficient (Wildman–Crippen LogP) is 1.62. The smallest absolute Gasteiger partial charge is 0.417 e. The van der Waals surface area contributed by atoms with Crippen LogP contribution >= 0.6 is 0 Å². The predicted molar refractivity (Wildman–Crippen MR) is 63.3 cm³/mol. The molecule has 1 aromatic heterocycles. The Hall–Kier alpha value is -1.83. The van der Waals surface area contributed by atoms with E-state index in [1.807, 2.05) is 0 Å². The molecule has 1 rings (SSSR count). The molecule has 0 N–H and O–H groups in total. The molecule has 0 spiro atoms. The highest BCUT2D eigenvalue weighted by Crippen LogP contribution is 2.28. The van der Waals surface area contributed by atoms with Crippen LogP contribution in [0.1, 0.15) is 18.5 Å². The van der Waals surface area contributed by atoms with Crippen molar-refractivity contribution >= 4 is 5.97 Å². The van der Waals surface area contributed by atoms with Gasteiger partial charge in [0, 0.05) is 19.4 Å². The monoisotopic (exact) mass is 293 g/mol. The van der Waals surface area contributed by atoms with Gasteiger partial charge >= 0.3 is 12.1 Å². The Morgan fingerprint density at radius 2 is 2.00 bits per heavy atom. The number of rotatable bonds is 5. The van der Waals surface area contributed by atoms with Crippen molar-refractivity contribution in [1.29, 1.82) is 0 Å². The number of alkyl halides is 3. The molecule has 0 aliphatic heterocycles. The minimum atomic E-state index is -4.59. The molecule has 1 heterocycles. The lowest BCUT2D eigenvalue weighted by Crippen LogP contribution is -2.30. The maximum Gasteiger partial charge on any atom is 0.417 e. The van der Waals surface area contributed by atoms with E-state index in [4.69, 9.17) is 4.74 Å². The van der Waals surface area contributed by atoms with Crippen molar-refractivity contribution in [2.45, 2.75) is 19.1 Å². The molecule has 5 nitrogen and oxygen atoms in total. The van der Waals surface area contributed by atoms with Crippen molar-refractivity contribution < 1.29 is 27.4 Å². The third kappa shape index (κ3) is 4.09. The number of nitrogens with zero attached hydrogens (tertiary/aromatic N) is 1. The highest BCUT2D eigenvalue weighted by Gasteiger charge is 2.32. The van der Waals surface area contributed by atoms with Crippen LogP contribution in [-0.2, 0) is 20.4 Å². The Labute approximate surface area is 112 Å². The minimum absolute atomic E-state index is 0.0343. The summed E-state index contributed by atoms with van der Waals surface area (Å²) in [7, 11) is 1.41. The van der Waals surface area contributed by atoms with Gasteiger partial charge in [0.05, 0.1) is 12.2 Å². The number of aromatic nitrogens is 1. The van der Waals surface area contributed by atoms with Gasteiger partial charge in [-0.05, 0) is 13.0 Å². The zero-order chi connectivity index (χ0) is 15.3. The molecule has 1 unspecified atom stereocenters. The number of methoxy groups -OCH3 is 1. The van der Waals surface area contributed by atoms with E-state index in [0.717, 1.165) is 6.07 Å². The van der Waals surface area contributed by atoms with Crippen LogP contribution in [0.4, 0.5) is 13.2 Å². The van der Waals surface area contributed by atoms with Crippen LogP contribution in [0.2, 0.25) is 0 Å². The van der Waals surface area contributed by atoms with Gasteiger partial charge in [-0.25, -0.2) is 4.79 Å². The molecule has 0 aliphatic carbocycles. The van der Waals surface area contributed by atoms with Crippen LogP contribution < -0.4 is 5.56 Å². The van der Waals surface area contributed by atoms with Crippen molar-refractivity contribution in [2.75, 3.05) is 20.3 Å². The van der Waals surface area contributed by atoms with E-state index in [0.29, 0.717) is 16.8 Å². The first kappa shape index (κ1) is 16.2. The second-order valence-corrected chi connectivity index (χ2v) is 4.00. The Morgan fingerprint density at radius 3 is 2.55 bits per heavy atom. The second-order valence-electron chi connectivity index (χ2n) is 4.00. The zero-order valence-corrected chi connectivity index (χ0v) is 10.9. The summed E-state index contributed by atoms with van der Waals surface area (Å²) in [6.45, 7) is 1.42. The van der Waals surface area contributed by atoms with Gasteiger partial charge in [-0.2, -0.15) is 13.2 Å². The SMILES string of the molecule is COCCOC(=O)C(C)n1cc(C(F)(F)F)ccc1=O. The van der Waals surface area contributed by atoms with Gasteiger partial charge in [0.1, 0.15) is 12.6 Å². The number of carbonyl (C=O) groups is 1. The first-order valence-electron chi connectivity index (χ1n) is 5.72. The number of hydrogen-bond acceptors (Lipinski definition) is 4. The lowest BCUT2D eigenvalue weighted by atomic mass is 10.2. The molecule has 0 aromatic carbocycles. The highest BCUT2D eigenvalue weighted by atomic mass is 19.4. The number of ether oxygens (including phenoxy) is 2. The molecule has 0 radical (unpaired) electrons. The summed E-state index contributed by atoms with van der Waals surface area (Å²) in [6.07, 6.45) is -3.99. The van der Waals surface area contributed by atoms with Crippen LogP contribution in [0.5, 0.6) is 0 Å². The van der Waals surface area contributed by atoms with Crippen molar-refractivity contribution in [3.8, 4) is 0 Å². The van der Waals surface area contributed by atoms with E-state index in [9.17, 15) is 22.8 Å². The topological polar surface area (TPSA) is 57.5 Å². The number of hydrogen-bond donors (Lipinski definition) is 0. The Kier molecular flexibility index (Phi) is 5.32. The fourth-order valence-corrected chi connectivity index (χ4v) is 1.43. The van der Waals surface area contributed by atoms with Crippen LogP contribution in [-0.4, -0.2) is 30.9 Å². The Balaban J connectivity index is 2.95. The van der Waals surface area contributed by atoms with E-state index in [1.165, 1.54) is 14.0 Å². The molecule has 20 heavy (non-hydrogen) atoms. The van der Waals surface area contributed by atoms with Gasteiger partial charge in [0.25, 0.3) is 5.56 Å². The fourth-order valence-electron chi connectivity index (χ4n) is 1.43. The molecule has 1 atom stereocenters. The average Bonchev–Trinajstić information content (AvgIpc) is 2.37. The molecule has 112 valence electrons. The summed E-state index contributed by atoms with van der Waals surface area (Å²) >= 11 is 0. The number of carbonyl (C=O) groups excluding carboxylic acids is 1. The van der Waals surface area contributed by atoms with Crippen LogP contribution in [0.15, 0.2) is 23.1 Å². The molecule has 0 bridgehead atoms. The highest BCUT2D eigenvalue weighted by molar-refractivity contribution is 5.73. The van der Waals surface area contributed by atoms with Crippen LogP contribution in [0.25, 0.3) is 0 Å². The quantitative estimate of drug-likeness (QED) is 0.611. The van der Waals surface area contributed by atoms with E-state index < -0.39 is 29.3 Å². The van der Waals surface area contributed by atoms with Gasteiger partial charge in [-0.15, -0.1) is 0 Å². The Morgan fingerprint density at radius 1 is 1.35 bits per heavy atom. The van der Waals surface area contributed by atoms with Gasteiger partial charge in [0.15, 0.2) is 0 Å². The molecule has 0 aliphatic rings. The molecule has 0 fully saturated rings. The Bertz CT molecular complexity index is 524. The largest absolute Gasteiger partial charge is 0.462 e. The molecule has 8 heteroatoms. The van der Waals surface area contributed by atoms with Gasteiger partial charge in [-0.1, -0.05) is 0 Å². The molecular formula is C12H14F3NO4. The third-order valence-corrected chi connectivity index (χ3v) is 2.56. The van der Waals surface area contributed by atoms with Crippen molar-refractivity contribution in [2.24, 2.45) is 0 Å². The van der Waals surface area contributed by atoms with Gasteiger partial charge in [0.2, 0.25) is 0 Å². The van der Waals surface area contributed by atoms with Crippen molar-refractivity contribution in [3.63, 3.8) is 0 Å².